The molecule has 7 nitrogen and oxygen atoms in total. The number of nitrogens with one attached hydrogen (secondary N) is 2. The highest BCUT2D eigenvalue weighted by Crippen LogP contribution is 2.38. The third kappa shape index (κ3) is 7.21. The Kier molecular flexibility index (Phi) is 8.42. The first-order valence-electron chi connectivity index (χ1n) is 10.9. The number of hydrogen-bond acceptors (Lipinski definition) is 5. The number of phenolic OH excluding ortho intramolecular Hbond substituents is 1. The summed E-state index contributed by atoms with van der Waals surface area (Å²) >= 11 is 0. The van der Waals surface area contributed by atoms with Gasteiger partial charge >= 0.3 is 12.4 Å². The Morgan fingerprint density at radius 3 is 1.51 bits per heavy atom. The lowest BCUT2D eigenvalue weighted by atomic mass is 10.1. The van der Waals surface area contributed by atoms with Crippen LogP contribution in [-0.4, -0.2) is 31.1 Å². The summed E-state index contributed by atoms with van der Waals surface area (Å²) in [5.41, 5.74) is -3.34. The van der Waals surface area contributed by atoms with Crippen LogP contribution in [0.5, 0.6) is 17.2 Å². The molecule has 0 unspecified atom stereocenters. The summed E-state index contributed by atoms with van der Waals surface area (Å²) in [4.78, 5) is 26.2. The molecule has 0 saturated carbocycles. The van der Waals surface area contributed by atoms with Crippen LogP contribution in [-0.2, 0) is 21.9 Å². The standard InChI is InChI=1S/C26H20F6N2O5/c1-38-20-10-14(11-21(39-2)22(20)35)9-19(23(36)33-17-7-3-5-15(12-17)25(27,28)29)24(37)34-18-8-4-6-16(13-18)26(30,31)32/h3-13,35H,1-2H3,(H,33,36)(H,34,37). The Balaban J connectivity index is 2.04. The molecule has 3 aromatic rings. The molecule has 206 valence electrons. The van der Waals surface area contributed by atoms with Crippen LogP contribution < -0.4 is 20.1 Å². The first kappa shape index (κ1) is 28.9. The molecule has 0 bridgehead atoms. The van der Waals surface area contributed by atoms with E-state index in [1.54, 1.807) is 0 Å². The Bertz CT molecular complexity index is 1320. The fraction of sp³-hybridized carbons (Fsp3) is 0.154. The number of ether oxygens (including phenoxy) is 2. The van der Waals surface area contributed by atoms with Gasteiger partial charge in [-0.05, 0) is 60.2 Å². The number of carbonyl (C=O) groups excluding carboxylic acids is 2. The van der Waals surface area contributed by atoms with Gasteiger partial charge in [-0.3, -0.25) is 9.59 Å². The monoisotopic (exact) mass is 554 g/mol. The van der Waals surface area contributed by atoms with Crippen molar-refractivity contribution in [3.63, 3.8) is 0 Å². The summed E-state index contributed by atoms with van der Waals surface area (Å²) in [5.74, 6) is -2.94. The Morgan fingerprint density at radius 2 is 1.15 bits per heavy atom. The van der Waals surface area contributed by atoms with Crippen molar-refractivity contribution < 1.29 is 50.5 Å². The van der Waals surface area contributed by atoms with Crippen molar-refractivity contribution in [2.45, 2.75) is 12.4 Å². The summed E-state index contributed by atoms with van der Waals surface area (Å²) in [6.45, 7) is 0. The molecule has 2 amide bonds. The van der Waals surface area contributed by atoms with Gasteiger partial charge in [0.05, 0.1) is 25.3 Å². The molecule has 39 heavy (non-hydrogen) atoms. The molecular weight excluding hydrogens is 534 g/mol. The lowest BCUT2D eigenvalue weighted by molar-refractivity contribution is -0.138. The molecule has 0 heterocycles. The van der Waals surface area contributed by atoms with Crippen LogP contribution >= 0.6 is 0 Å². The van der Waals surface area contributed by atoms with Crippen molar-refractivity contribution >= 4 is 29.3 Å². The number of rotatable bonds is 7. The van der Waals surface area contributed by atoms with Crippen LogP contribution in [0.2, 0.25) is 0 Å². The molecule has 13 heteroatoms. The van der Waals surface area contributed by atoms with Gasteiger partial charge in [0, 0.05) is 11.4 Å². The fourth-order valence-electron chi connectivity index (χ4n) is 3.34. The second-order valence-corrected chi connectivity index (χ2v) is 7.90. The van der Waals surface area contributed by atoms with E-state index in [0.29, 0.717) is 12.1 Å². The van der Waals surface area contributed by atoms with E-state index in [1.807, 2.05) is 0 Å². The number of alkyl halides is 6. The number of halogens is 6. The van der Waals surface area contributed by atoms with Crippen LogP contribution in [0.25, 0.3) is 6.08 Å². The van der Waals surface area contributed by atoms with Gasteiger partial charge in [-0.1, -0.05) is 12.1 Å². The largest absolute Gasteiger partial charge is 0.502 e. The van der Waals surface area contributed by atoms with Crippen LogP contribution in [0.3, 0.4) is 0 Å². The summed E-state index contributed by atoms with van der Waals surface area (Å²) in [6.07, 6.45) is -8.42. The van der Waals surface area contributed by atoms with Crippen molar-refractivity contribution in [3.8, 4) is 17.2 Å². The first-order valence-corrected chi connectivity index (χ1v) is 10.9. The zero-order valence-electron chi connectivity index (χ0n) is 20.2. The highest BCUT2D eigenvalue weighted by molar-refractivity contribution is 6.28. The van der Waals surface area contributed by atoms with Gasteiger partial charge in [0.1, 0.15) is 5.57 Å². The van der Waals surface area contributed by atoms with Crippen LogP contribution in [0.1, 0.15) is 16.7 Å². The van der Waals surface area contributed by atoms with E-state index in [2.05, 4.69) is 10.6 Å². The Labute approximate surface area is 217 Å². The van der Waals surface area contributed by atoms with E-state index in [1.165, 1.54) is 26.4 Å². The smallest absolute Gasteiger partial charge is 0.416 e. The van der Waals surface area contributed by atoms with Gasteiger partial charge in [0.15, 0.2) is 11.5 Å². The normalized spacial score (nSPS) is 11.4. The molecule has 3 aromatic carbocycles. The molecule has 0 radical (unpaired) electrons. The van der Waals surface area contributed by atoms with Crippen LogP contribution in [0, 0.1) is 0 Å². The molecule has 0 spiro atoms. The average Bonchev–Trinajstić information content (AvgIpc) is 2.87. The van der Waals surface area contributed by atoms with Gasteiger partial charge in [-0.25, -0.2) is 0 Å². The molecular formula is C26H20F6N2O5. The van der Waals surface area contributed by atoms with E-state index in [0.717, 1.165) is 42.5 Å². The number of carbonyl (C=O) groups is 2. The maximum Gasteiger partial charge on any atom is 0.416 e. The van der Waals surface area contributed by atoms with E-state index < -0.39 is 40.9 Å². The second kappa shape index (κ2) is 11.4. The molecule has 3 N–H and O–H groups in total. The number of amides is 2. The number of hydrogen-bond donors (Lipinski definition) is 3. The SMILES string of the molecule is COc1cc(C=C(C(=O)Nc2cccc(C(F)(F)F)c2)C(=O)Nc2cccc(C(F)(F)F)c2)cc(OC)c1O. The second-order valence-electron chi connectivity index (χ2n) is 7.90. The van der Waals surface area contributed by atoms with E-state index in [4.69, 9.17) is 9.47 Å². The Hall–Kier alpha value is -4.68. The minimum absolute atomic E-state index is 0.0786. The van der Waals surface area contributed by atoms with Crippen molar-refractivity contribution in [3.05, 3.63) is 82.9 Å². The number of benzene rings is 3. The van der Waals surface area contributed by atoms with Crippen LogP contribution in [0.4, 0.5) is 37.7 Å². The maximum atomic E-state index is 13.1. The molecule has 0 aliphatic carbocycles. The molecule has 0 saturated heterocycles. The van der Waals surface area contributed by atoms with Crippen molar-refractivity contribution in [2.75, 3.05) is 24.9 Å². The first-order chi connectivity index (χ1) is 18.2. The third-order valence-corrected chi connectivity index (χ3v) is 5.20. The van der Waals surface area contributed by atoms with Gasteiger partial charge in [-0.15, -0.1) is 0 Å². The minimum Gasteiger partial charge on any atom is -0.502 e. The predicted octanol–water partition coefficient (Wildman–Crippen LogP) is 6.11. The minimum atomic E-state index is -4.71. The van der Waals surface area contributed by atoms with E-state index in [9.17, 15) is 41.0 Å². The molecule has 0 aromatic heterocycles. The van der Waals surface area contributed by atoms with Crippen LogP contribution in [0.15, 0.2) is 66.2 Å². The van der Waals surface area contributed by atoms with Gasteiger partial charge in [0.2, 0.25) is 5.75 Å². The van der Waals surface area contributed by atoms with Gasteiger partial charge < -0.3 is 25.2 Å². The topological polar surface area (TPSA) is 96.9 Å². The lowest BCUT2D eigenvalue weighted by Gasteiger charge is -2.14. The third-order valence-electron chi connectivity index (χ3n) is 5.20. The van der Waals surface area contributed by atoms with Crippen molar-refractivity contribution in [2.24, 2.45) is 0 Å². The van der Waals surface area contributed by atoms with Gasteiger partial charge in [-0.2, -0.15) is 26.3 Å². The zero-order chi connectivity index (χ0) is 29.0. The lowest BCUT2D eigenvalue weighted by Crippen LogP contribution is -2.25. The Morgan fingerprint density at radius 1 is 0.744 bits per heavy atom. The molecule has 0 atom stereocenters. The molecule has 0 aliphatic rings. The number of methoxy groups -OCH3 is 2. The highest BCUT2D eigenvalue weighted by Gasteiger charge is 2.32. The number of aromatic hydroxyl groups is 1. The summed E-state index contributed by atoms with van der Waals surface area (Å²) in [6, 6.07) is 9.70. The van der Waals surface area contributed by atoms with Gasteiger partial charge in [0.25, 0.3) is 11.8 Å². The van der Waals surface area contributed by atoms with Crippen molar-refractivity contribution in [1.82, 2.24) is 0 Å². The maximum absolute atomic E-state index is 13.1. The fourth-order valence-corrected chi connectivity index (χ4v) is 3.34. The van der Waals surface area contributed by atoms with Crippen molar-refractivity contribution in [1.29, 1.82) is 0 Å². The predicted molar refractivity (Wildman–Crippen MR) is 129 cm³/mol. The van der Waals surface area contributed by atoms with E-state index in [-0.39, 0.29) is 34.2 Å². The summed E-state index contributed by atoms with van der Waals surface area (Å²) in [5, 5.41) is 14.5. The zero-order valence-corrected chi connectivity index (χ0v) is 20.2. The molecule has 0 aliphatic heterocycles. The molecule has 0 fully saturated rings. The quantitative estimate of drug-likeness (QED) is 0.142. The summed E-state index contributed by atoms with van der Waals surface area (Å²) < 4.78 is 88.7. The average molecular weight is 554 g/mol. The number of anilines is 2. The summed E-state index contributed by atoms with van der Waals surface area (Å²) in [7, 11) is 2.45. The van der Waals surface area contributed by atoms with E-state index >= 15 is 0 Å². The molecule has 3 rings (SSSR count). The highest BCUT2D eigenvalue weighted by atomic mass is 19.4. The number of phenols is 1.